The Morgan fingerprint density at radius 3 is 2.50 bits per heavy atom. The van der Waals surface area contributed by atoms with Crippen LogP contribution in [-0.2, 0) is 25.6 Å². The molecule has 0 radical (unpaired) electrons. The summed E-state index contributed by atoms with van der Waals surface area (Å²) >= 11 is 0. The molecule has 8 nitrogen and oxygen atoms in total. The first-order chi connectivity index (χ1) is 17.2. The molecule has 5 atom stereocenters. The van der Waals surface area contributed by atoms with Gasteiger partial charge in [-0.1, -0.05) is 54.6 Å². The maximum absolute atomic E-state index is 12.1. The predicted octanol–water partition coefficient (Wildman–Crippen LogP) is 2.76. The summed E-state index contributed by atoms with van der Waals surface area (Å²) in [6, 6.07) is 9.94. The van der Waals surface area contributed by atoms with Crippen molar-refractivity contribution in [2.24, 2.45) is 11.8 Å². The van der Waals surface area contributed by atoms with Crippen LogP contribution in [0.15, 0.2) is 54.6 Å². The molecule has 36 heavy (non-hydrogen) atoms. The molecule has 1 saturated carbocycles. The summed E-state index contributed by atoms with van der Waals surface area (Å²) in [5, 5.41) is 31.2. The smallest absolute Gasteiger partial charge is 0.368 e. The Hall–Kier alpha value is -2.65. The maximum Gasteiger partial charge on any atom is 0.368 e. The number of hydrogen-bond donors (Lipinski definition) is 3. The van der Waals surface area contributed by atoms with Crippen molar-refractivity contribution in [3.05, 3.63) is 60.2 Å². The SMILES string of the molecule is C[N+]1(OC(=O)CCCC=CCC2C(O)CC(O)C2C=CC(O)CCc2ccccc2)C(=O)CCC1=O. The highest BCUT2D eigenvalue weighted by molar-refractivity contribution is 5.91. The maximum atomic E-state index is 12.1. The van der Waals surface area contributed by atoms with E-state index in [-0.39, 0.29) is 31.1 Å². The molecule has 2 fully saturated rings. The highest BCUT2D eigenvalue weighted by Gasteiger charge is 2.51. The first-order valence-corrected chi connectivity index (χ1v) is 12.8. The fourth-order valence-electron chi connectivity index (χ4n) is 4.88. The van der Waals surface area contributed by atoms with Gasteiger partial charge in [0, 0.05) is 12.3 Å². The van der Waals surface area contributed by atoms with E-state index in [2.05, 4.69) is 0 Å². The molecule has 0 spiro atoms. The van der Waals surface area contributed by atoms with Crippen LogP contribution in [0.1, 0.15) is 56.9 Å². The summed E-state index contributed by atoms with van der Waals surface area (Å²) in [5.41, 5.74) is 1.16. The molecule has 1 aliphatic carbocycles. The lowest BCUT2D eigenvalue weighted by atomic mass is 9.89. The van der Waals surface area contributed by atoms with Gasteiger partial charge in [-0.2, -0.15) is 0 Å². The molecule has 2 aliphatic rings. The Balaban J connectivity index is 1.40. The van der Waals surface area contributed by atoms with Crippen molar-refractivity contribution in [2.45, 2.75) is 76.1 Å². The summed E-state index contributed by atoms with van der Waals surface area (Å²) < 4.78 is -0.896. The molecule has 1 aromatic carbocycles. The van der Waals surface area contributed by atoms with E-state index in [0.717, 1.165) is 12.0 Å². The number of amides is 2. The number of unbranched alkanes of at least 4 members (excludes halogenated alkanes) is 1. The minimum absolute atomic E-state index is 0.0930. The summed E-state index contributed by atoms with van der Waals surface area (Å²) in [5.74, 6) is -1.79. The van der Waals surface area contributed by atoms with Crippen molar-refractivity contribution in [1.82, 2.24) is 0 Å². The van der Waals surface area contributed by atoms with E-state index in [1.54, 1.807) is 6.08 Å². The van der Waals surface area contributed by atoms with Gasteiger partial charge in [0.05, 0.1) is 37.6 Å². The molecule has 1 saturated heterocycles. The van der Waals surface area contributed by atoms with E-state index in [4.69, 9.17) is 4.84 Å². The number of likely N-dealkylation sites (tertiary alicyclic amines) is 1. The lowest BCUT2D eigenvalue weighted by molar-refractivity contribution is -0.941. The molecule has 1 aliphatic heterocycles. The fourth-order valence-corrected chi connectivity index (χ4v) is 4.88. The number of quaternary nitrogens is 1. The van der Waals surface area contributed by atoms with Gasteiger partial charge in [-0.25, -0.2) is 14.4 Å². The first kappa shape index (κ1) is 27.9. The molecular formula is C28H38NO7+. The Bertz CT molecular complexity index is 942. The standard InChI is InChI=1S/C28H38NO7/c1-29(26(33)17-18-27(29)34)36-28(35)12-8-3-2-7-11-22-23(25(32)19-24(22)31)16-15-21(30)14-13-20-9-5-4-6-10-20/h2,4-7,9-10,15-16,21-25,30-32H,3,8,11-14,17-19H2,1H3/q+1. The van der Waals surface area contributed by atoms with Gasteiger partial charge in [0.15, 0.2) is 0 Å². The second-order valence-electron chi connectivity index (χ2n) is 9.86. The Labute approximate surface area is 212 Å². The number of imide groups is 1. The quantitative estimate of drug-likeness (QED) is 0.175. The predicted molar refractivity (Wildman–Crippen MR) is 133 cm³/mol. The topological polar surface area (TPSA) is 121 Å². The minimum Gasteiger partial charge on any atom is -0.393 e. The molecule has 1 heterocycles. The third kappa shape index (κ3) is 7.43. The van der Waals surface area contributed by atoms with Crippen molar-refractivity contribution >= 4 is 17.8 Å². The number of allylic oxidation sites excluding steroid dienone is 2. The largest absolute Gasteiger partial charge is 0.393 e. The zero-order chi connectivity index (χ0) is 26.1. The Kier molecular flexibility index (Phi) is 10.1. The molecule has 2 amide bonds. The van der Waals surface area contributed by atoms with E-state index in [0.29, 0.717) is 32.1 Å². The van der Waals surface area contributed by atoms with Crippen LogP contribution in [0.3, 0.4) is 0 Å². The van der Waals surface area contributed by atoms with Crippen LogP contribution in [0.2, 0.25) is 0 Å². The number of hydrogen-bond acceptors (Lipinski definition) is 7. The molecule has 0 bridgehead atoms. The number of aliphatic hydroxyl groups is 3. The van der Waals surface area contributed by atoms with Gasteiger partial charge in [-0.3, -0.25) is 4.84 Å². The minimum atomic E-state index is -0.896. The van der Waals surface area contributed by atoms with E-state index in [1.165, 1.54) is 7.05 Å². The average molecular weight is 501 g/mol. The third-order valence-electron chi connectivity index (χ3n) is 7.16. The van der Waals surface area contributed by atoms with Crippen molar-refractivity contribution in [1.29, 1.82) is 0 Å². The third-order valence-corrected chi connectivity index (χ3v) is 7.16. The van der Waals surface area contributed by atoms with Gasteiger partial charge >= 0.3 is 17.8 Å². The van der Waals surface area contributed by atoms with Crippen molar-refractivity contribution < 1.29 is 39.2 Å². The second-order valence-corrected chi connectivity index (χ2v) is 9.86. The van der Waals surface area contributed by atoms with Crippen LogP contribution in [0, 0.1) is 11.8 Å². The van der Waals surface area contributed by atoms with Crippen LogP contribution in [0.4, 0.5) is 0 Å². The highest BCUT2D eigenvalue weighted by Crippen LogP contribution is 2.36. The van der Waals surface area contributed by atoms with E-state index < -0.39 is 40.7 Å². The summed E-state index contributed by atoms with van der Waals surface area (Å²) in [6.07, 6.45) is 9.08. The van der Waals surface area contributed by atoms with Crippen LogP contribution in [-0.4, -0.2) is 63.1 Å². The van der Waals surface area contributed by atoms with Crippen LogP contribution in [0.5, 0.6) is 0 Å². The number of nitrogens with zero attached hydrogens (tertiary/aromatic N) is 1. The molecular weight excluding hydrogens is 462 g/mol. The average Bonchev–Trinajstić information content (AvgIpc) is 3.27. The number of aryl methyl sites for hydroxylation is 1. The summed E-state index contributed by atoms with van der Waals surface area (Å²) in [6.45, 7) is 0. The molecule has 3 rings (SSSR count). The van der Waals surface area contributed by atoms with Crippen LogP contribution < -0.4 is 0 Å². The highest BCUT2D eigenvalue weighted by atomic mass is 16.8. The van der Waals surface area contributed by atoms with Gasteiger partial charge in [0.2, 0.25) is 0 Å². The van der Waals surface area contributed by atoms with E-state index in [1.807, 2.05) is 48.6 Å². The molecule has 1 aromatic rings. The summed E-state index contributed by atoms with van der Waals surface area (Å²) in [7, 11) is 1.31. The molecule has 5 unspecified atom stereocenters. The zero-order valence-corrected chi connectivity index (χ0v) is 20.9. The lowest BCUT2D eigenvalue weighted by Crippen LogP contribution is -2.49. The summed E-state index contributed by atoms with van der Waals surface area (Å²) in [4.78, 5) is 40.9. The van der Waals surface area contributed by atoms with Crippen LogP contribution in [0.25, 0.3) is 0 Å². The fraction of sp³-hybridized carbons (Fsp3) is 0.536. The zero-order valence-electron chi connectivity index (χ0n) is 20.9. The van der Waals surface area contributed by atoms with E-state index in [9.17, 15) is 29.7 Å². The molecule has 8 heteroatoms. The second kappa shape index (κ2) is 13.1. The van der Waals surface area contributed by atoms with E-state index >= 15 is 0 Å². The number of carbonyl (C=O) groups is 3. The number of aliphatic hydroxyl groups excluding tert-OH is 3. The molecule has 0 aromatic heterocycles. The molecule has 3 N–H and O–H groups in total. The van der Waals surface area contributed by atoms with Gasteiger partial charge in [0.25, 0.3) is 0 Å². The Morgan fingerprint density at radius 1 is 1.11 bits per heavy atom. The van der Waals surface area contributed by atoms with Gasteiger partial charge in [-0.15, -0.1) is 0 Å². The van der Waals surface area contributed by atoms with Crippen LogP contribution >= 0.6 is 0 Å². The number of carbonyl (C=O) groups excluding carboxylic acids is 3. The monoisotopic (exact) mass is 500 g/mol. The lowest BCUT2D eigenvalue weighted by Gasteiger charge is -2.20. The number of hydroxylamine groups is 3. The van der Waals surface area contributed by atoms with Crippen molar-refractivity contribution in [2.75, 3.05) is 7.05 Å². The van der Waals surface area contributed by atoms with Crippen molar-refractivity contribution in [3.63, 3.8) is 0 Å². The van der Waals surface area contributed by atoms with Gasteiger partial charge < -0.3 is 15.3 Å². The first-order valence-electron chi connectivity index (χ1n) is 12.8. The number of rotatable bonds is 12. The van der Waals surface area contributed by atoms with Gasteiger partial charge in [0.1, 0.15) is 7.05 Å². The Morgan fingerprint density at radius 2 is 1.81 bits per heavy atom. The van der Waals surface area contributed by atoms with Gasteiger partial charge in [-0.05, 0) is 48.2 Å². The van der Waals surface area contributed by atoms with Crippen molar-refractivity contribution in [3.8, 4) is 0 Å². The number of benzene rings is 1. The normalized spacial score (nSPS) is 26.8. The molecule has 196 valence electrons.